The molecule has 0 N–H and O–H groups in total. The van der Waals surface area contributed by atoms with Gasteiger partial charge in [0.05, 0.1) is 11.0 Å². The molecule has 4 aromatic rings. The maximum atomic E-state index is 4.92. The van der Waals surface area contributed by atoms with Crippen LogP contribution in [0.5, 0.6) is 0 Å². The molecule has 0 bridgehead atoms. The number of hydrogen-bond acceptors (Lipinski definition) is 1. The molecule has 0 aliphatic rings. The Kier molecular flexibility index (Phi) is 4.57. The van der Waals surface area contributed by atoms with Crippen LogP contribution in [0.25, 0.3) is 11.0 Å². The summed E-state index contributed by atoms with van der Waals surface area (Å²) in [6.45, 7) is 7.60. The van der Waals surface area contributed by atoms with Crippen LogP contribution in [0, 0.1) is 0 Å². The minimum absolute atomic E-state index is 0.179. The molecule has 136 valence electrons. The van der Waals surface area contributed by atoms with Crippen molar-refractivity contribution < 1.29 is 0 Å². The molecular formula is C25H26N2. The third-order valence-corrected chi connectivity index (χ3v) is 5.10. The molecule has 0 aliphatic carbocycles. The lowest BCUT2D eigenvalue weighted by Crippen LogP contribution is -2.11. The second kappa shape index (κ2) is 7.03. The van der Waals surface area contributed by atoms with Crippen LogP contribution >= 0.6 is 0 Å². The maximum Gasteiger partial charge on any atom is 0.114 e. The van der Waals surface area contributed by atoms with Crippen molar-refractivity contribution in [2.75, 3.05) is 0 Å². The number of aromatic nitrogens is 2. The van der Waals surface area contributed by atoms with E-state index < -0.39 is 0 Å². The molecule has 1 heterocycles. The molecule has 27 heavy (non-hydrogen) atoms. The lowest BCUT2D eigenvalue weighted by molar-refractivity contribution is 0.589. The highest BCUT2D eigenvalue weighted by atomic mass is 15.1. The van der Waals surface area contributed by atoms with Gasteiger partial charge in [0.2, 0.25) is 0 Å². The first-order chi connectivity index (χ1) is 13.0. The van der Waals surface area contributed by atoms with Crippen molar-refractivity contribution in [3.63, 3.8) is 0 Å². The van der Waals surface area contributed by atoms with Gasteiger partial charge in [-0.3, -0.25) is 0 Å². The van der Waals surface area contributed by atoms with Crippen molar-refractivity contribution in [1.29, 1.82) is 0 Å². The molecule has 1 aromatic heterocycles. The highest BCUT2D eigenvalue weighted by Crippen LogP contribution is 2.24. The van der Waals surface area contributed by atoms with Gasteiger partial charge in [0.25, 0.3) is 0 Å². The zero-order valence-electron chi connectivity index (χ0n) is 16.3. The van der Waals surface area contributed by atoms with Crippen LogP contribution < -0.4 is 0 Å². The minimum atomic E-state index is 0.179. The number of rotatable bonds is 4. The molecule has 0 saturated carbocycles. The zero-order chi connectivity index (χ0) is 18.9. The molecule has 0 atom stereocenters. The molecule has 3 aromatic carbocycles. The van der Waals surface area contributed by atoms with Crippen molar-refractivity contribution in [2.45, 2.75) is 39.2 Å². The predicted octanol–water partition coefficient (Wildman–Crippen LogP) is 5.97. The predicted molar refractivity (Wildman–Crippen MR) is 113 cm³/mol. The van der Waals surface area contributed by atoms with E-state index in [0.717, 1.165) is 24.3 Å². The fourth-order valence-electron chi connectivity index (χ4n) is 3.51. The Morgan fingerprint density at radius 3 is 2.11 bits per heavy atom. The van der Waals surface area contributed by atoms with Crippen LogP contribution in [0.4, 0.5) is 0 Å². The van der Waals surface area contributed by atoms with Crippen molar-refractivity contribution in [2.24, 2.45) is 0 Å². The third-order valence-electron chi connectivity index (χ3n) is 5.10. The van der Waals surface area contributed by atoms with Crippen LogP contribution in [0.15, 0.2) is 78.9 Å². The third kappa shape index (κ3) is 3.80. The first-order valence-corrected chi connectivity index (χ1v) is 9.58. The standard InChI is InChI=1S/C25H26N2/c1-25(2,3)21-15-13-20(14-16-21)18-27-23-12-8-7-11-22(23)26-24(27)17-19-9-5-4-6-10-19/h4-16H,17-18H2,1-3H3. The van der Waals surface area contributed by atoms with Gasteiger partial charge in [-0.05, 0) is 34.2 Å². The fourth-order valence-corrected chi connectivity index (χ4v) is 3.51. The van der Waals surface area contributed by atoms with Crippen LogP contribution in [0.1, 0.15) is 43.3 Å². The zero-order valence-corrected chi connectivity index (χ0v) is 16.3. The van der Waals surface area contributed by atoms with Gasteiger partial charge in [-0.25, -0.2) is 4.98 Å². The SMILES string of the molecule is CC(C)(C)c1ccc(Cn2c(Cc3ccccc3)nc3ccccc32)cc1. The van der Waals surface area contributed by atoms with Crippen molar-refractivity contribution in [1.82, 2.24) is 9.55 Å². The average molecular weight is 354 g/mol. The van der Waals surface area contributed by atoms with Gasteiger partial charge >= 0.3 is 0 Å². The molecule has 0 fully saturated rings. The monoisotopic (exact) mass is 354 g/mol. The molecule has 0 aliphatic heterocycles. The van der Waals surface area contributed by atoms with Crippen molar-refractivity contribution in [3.05, 3.63) is 101 Å². The van der Waals surface area contributed by atoms with Gasteiger partial charge in [0.15, 0.2) is 0 Å². The van der Waals surface area contributed by atoms with E-state index in [9.17, 15) is 0 Å². The Morgan fingerprint density at radius 1 is 0.741 bits per heavy atom. The summed E-state index contributed by atoms with van der Waals surface area (Å²) in [5.41, 5.74) is 6.40. The highest BCUT2D eigenvalue weighted by molar-refractivity contribution is 5.76. The van der Waals surface area contributed by atoms with Crippen molar-refractivity contribution in [3.8, 4) is 0 Å². The number of imidazole rings is 1. The average Bonchev–Trinajstić information content (AvgIpc) is 3.00. The van der Waals surface area contributed by atoms with Crippen LogP contribution in [0.3, 0.4) is 0 Å². The Hall–Kier alpha value is -2.87. The lowest BCUT2D eigenvalue weighted by atomic mass is 9.87. The summed E-state index contributed by atoms with van der Waals surface area (Å²) >= 11 is 0. The van der Waals surface area contributed by atoms with Crippen LogP contribution in [0.2, 0.25) is 0 Å². The molecule has 2 nitrogen and oxygen atoms in total. The normalized spacial score (nSPS) is 11.8. The molecule has 0 unspecified atom stereocenters. The first-order valence-electron chi connectivity index (χ1n) is 9.58. The number of fused-ring (bicyclic) bond motifs is 1. The Balaban J connectivity index is 1.70. The molecule has 4 rings (SSSR count). The largest absolute Gasteiger partial charge is 0.323 e. The van der Waals surface area contributed by atoms with E-state index in [0.29, 0.717) is 0 Å². The fraction of sp³-hybridized carbons (Fsp3) is 0.240. The summed E-state index contributed by atoms with van der Waals surface area (Å²) in [4.78, 5) is 4.92. The van der Waals surface area contributed by atoms with Gasteiger partial charge in [-0.2, -0.15) is 0 Å². The molecular weight excluding hydrogens is 328 g/mol. The Bertz CT molecular complexity index is 1040. The summed E-state index contributed by atoms with van der Waals surface area (Å²) in [5.74, 6) is 1.11. The number of benzene rings is 3. The number of nitrogens with zero attached hydrogens (tertiary/aromatic N) is 2. The van der Waals surface area contributed by atoms with E-state index in [1.165, 1.54) is 22.2 Å². The Morgan fingerprint density at radius 2 is 1.41 bits per heavy atom. The molecule has 0 saturated heterocycles. The molecule has 2 heteroatoms. The van der Waals surface area contributed by atoms with Gasteiger partial charge in [0.1, 0.15) is 5.82 Å². The second-order valence-corrected chi connectivity index (χ2v) is 8.21. The van der Waals surface area contributed by atoms with Gasteiger partial charge in [0, 0.05) is 13.0 Å². The van der Waals surface area contributed by atoms with E-state index in [1.807, 2.05) is 0 Å². The quantitative estimate of drug-likeness (QED) is 0.441. The number of hydrogen-bond donors (Lipinski definition) is 0. The van der Waals surface area contributed by atoms with Crippen molar-refractivity contribution >= 4 is 11.0 Å². The summed E-state index contributed by atoms with van der Waals surface area (Å²) in [6, 6.07) is 28.0. The van der Waals surface area contributed by atoms with E-state index in [1.54, 1.807) is 0 Å². The minimum Gasteiger partial charge on any atom is -0.323 e. The van der Waals surface area contributed by atoms with Crippen LogP contribution in [-0.4, -0.2) is 9.55 Å². The van der Waals surface area contributed by atoms with Gasteiger partial charge < -0.3 is 4.57 Å². The van der Waals surface area contributed by atoms with E-state index >= 15 is 0 Å². The molecule has 0 spiro atoms. The maximum absolute atomic E-state index is 4.92. The summed E-state index contributed by atoms with van der Waals surface area (Å²) in [6.07, 6.45) is 0.843. The first kappa shape index (κ1) is 17.5. The van der Waals surface area contributed by atoms with Gasteiger partial charge in [-0.1, -0.05) is 87.5 Å². The highest BCUT2D eigenvalue weighted by Gasteiger charge is 2.14. The lowest BCUT2D eigenvalue weighted by Gasteiger charge is -2.19. The smallest absolute Gasteiger partial charge is 0.114 e. The summed E-state index contributed by atoms with van der Waals surface area (Å²) < 4.78 is 2.36. The number of para-hydroxylation sites is 2. The Labute approximate surface area is 161 Å². The summed E-state index contributed by atoms with van der Waals surface area (Å²) in [7, 11) is 0. The molecule has 0 amide bonds. The van der Waals surface area contributed by atoms with E-state index in [2.05, 4.69) is 104 Å². The summed E-state index contributed by atoms with van der Waals surface area (Å²) in [5, 5.41) is 0. The second-order valence-electron chi connectivity index (χ2n) is 8.21. The molecule has 0 radical (unpaired) electrons. The van der Waals surface area contributed by atoms with Gasteiger partial charge in [-0.15, -0.1) is 0 Å². The van der Waals surface area contributed by atoms with E-state index in [4.69, 9.17) is 4.98 Å². The van der Waals surface area contributed by atoms with Crippen LogP contribution in [-0.2, 0) is 18.4 Å². The van der Waals surface area contributed by atoms with E-state index in [-0.39, 0.29) is 5.41 Å². The topological polar surface area (TPSA) is 17.8 Å².